The monoisotopic (exact) mass is 363 g/mol. The van der Waals surface area contributed by atoms with Crippen molar-refractivity contribution in [3.63, 3.8) is 0 Å². The molecule has 2 amide bonds. The number of morpholine rings is 1. The van der Waals surface area contributed by atoms with Crippen LogP contribution in [0.3, 0.4) is 0 Å². The van der Waals surface area contributed by atoms with Gasteiger partial charge in [0.25, 0.3) is 0 Å². The second-order valence-electron chi connectivity index (χ2n) is 7.68. The van der Waals surface area contributed by atoms with Gasteiger partial charge in [-0.05, 0) is 19.3 Å². The minimum absolute atomic E-state index is 0.0463. The summed E-state index contributed by atoms with van der Waals surface area (Å²) in [5.74, 6) is 0.919. The molecule has 2 fully saturated rings. The van der Waals surface area contributed by atoms with E-state index in [1.165, 1.54) is 12.8 Å². The van der Waals surface area contributed by atoms with Crippen molar-refractivity contribution in [1.29, 1.82) is 0 Å². The Morgan fingerprint density at radius 3 is 2.69 bits per heavy atom. The van der Waals surface area contributed by atoms with E-state index in [2.05, 4.69) is 22.1 Å². The molecule has 0 spiro atoms. The molecule has 146 valence electrons. The SMILES string of the molecule is CCCN(Cc1nccn1C)C(=O)NC1(CN2CCOCC2)CCCC1. The van der Waals surface area contributed by atoms with Crippen LogP contribution in [0.5, 0.6) is 0 Å². The molecule has 0 unspecified atom stereocenters. The largest absolute Gasteiger partial charge is 0.379 e. The number of nitrogens with one attached hydrogen (secondary N) is 1. The first-order chi connectivity index (χ1) is 12.6. The van der Waals surface area contributed by atoms with E-state index in [1.807, 2.05) is 22.7 Å². The fourth-order valence-electron chi connectivity index (χ4n) is 4.11. The van der Waals surface area contributed by atoms with E-state index in [4.69, 9.17) is 4.74 Å². The number of carbonyl (C=O) groups excluding carboxylic acids is 1. The average Bonchev–Trinajstić information content (AvgIpc) is 3.25. The fourth-order valence-corrected chi connectivity index (χ4v) is 4.11. The number of hydrogen-bond acceptors (Lipinski definition) is 4. The summed E-state index contributed by atoms with van der Waals surface area (Å²) in [6.45, 7) is 7.86. The fraction of sp³-hybridized carbons (Fsp3) is 0.789. The molecule has 1 aliphatic heterocycles. The number of nitrogens with zero attached hydrogens (tertiary/aromatic N) is 4. The zero-order valence-electron chi connectivity index (χ0n) is 16.2. The number of hydrogen-bond donors (Lipinski definition) is 1. The molecule has 0 radical (unpaired) electrons. The van der Waals surface area contributed by atoms with Crippen molar-refractivity contribution in [2.24, 2.45) is 7.05 Å². The zero-order chi connectivity index (χ0) is 18.4. The molecule has 1 aliphatic carbocycles. The van der Waals surface area contributed by atoms with Gasteiger partial charge in [0, 0.05) is 45.6 Å². The Hall–Kier alpha value is -1.60. The Morgan fingerprint density at radius 2 is 2.08 bits per heavy atom. The van der Waals surface area contributed by atoms with E-state index in [0.717, 1.165) is 64.5 Å². The maximum atomic E-state index is 13.1. The Kier molecular flexibility index (Phi) is 6.53. The number of ether oxygens (including phenoxy) is 1. The summed E-state index contributed by atoms with van der Waals surface area (Å²) in [6.07, 6.45) is 9.17. The number of aromatic nitrogens is 2. The van der Waals surface area contributed by atoms with Gasteiger partial charge in [-0.2, -0.15) is 0 Å². The molecule has 2 heterocycles. The second-order valence-corrected chi connectivity index (χ2v) is 7.68. The van der Waals surface area contributed by atoms with Crippen LogP contribution in [0.4, 0.5) is 4.79 Å². The summed E-state index contributed by atoms with van der Waals surface area (Å²) in [4.78, 5) is 21.8. The van der Waals surface area contributed by atoms with E-state index in [-0.39, 0.29) is 11.6 Å². The van der Waals surface area contributed by atoms with Crippen LogP contribution in [0.15, 0.2) is 12.4 Å². The minimum Gasteiger partial charge on any atom is -0.379 e. The zero-order valence-corrected chi connectivity index (χ0v) is 16.2. The number of imidazole rings is 1. The van der Waals surface area contributed by atoms with Gasteiger partial charge in [0.1, 0.15) is 5.82 Å². The average molecular weight is 364 g/mol. The van der Waals surface area contributed by atoms with Crippen LogP contribution in [-0.2, 0) is 18.3 Å². The number of amides is 2. The molecule has 26 heavy (non-hydrogen) atoms. The number of carbonyl (C=O) groups is 1. The lowest BCUT2D eigenvalue weighted by molar-refractivity contribution is 0.0245. The topological polar surface area (TPSA) is 62.6 Å². The van der Waals surface area contributed by atoms with E-state index in [1.54, 1.807) is 6.20 Å². The first kappa shape index (κ1) is 19.2. The minimum atomic E-state index is -0.0952. The van der Waals surface area contributed by atoms with Crippen LogP contribution in [0, 0.1) is 0 Å². The maximum absolute atomic E-state index is 13.1. The molecule has 3 rings (SSSR count). The third-order valence-electron chi connectivity index (χ3n) is 5.60. The quantitative estimate of drug-likeness (QED) is 0.805. The van der Waals surface area contributed by atoms with Gasteiger partial charge in [0.2, 0.25) is 0 Å². The molecule has 1 N–H and O–H groups in total. The molecule has 0 aromatic carbocycles. The lowest BCUT2D eigenvalue weighted by Crippen LogP contribution is -2.58. The first-order valence-electron chi connectivity index (χ1n) is 9.95. The highest BCUT2D eigenvalue weighted by Crippen LogP contribution is 2.31. The Bertz CT molecular complexity index is 576. The Morgan fingerprint density at radius 1 is 1.35 bits per heavy atom. The molecule has 1 saturated heterocycles. The Balaban J connectivity index is 1.65. The number of urea groups is 1. The van der Waals surface area contributed by atoms with Crippen LogP contribution in [0.2, 0.25) is 0 Å². The third kappa shape index (κ3) is 4.76. The molecule has 2 aliphatic rings. The summed E-state index contributed by atoms with van der Waals surface area (Å²) in [7, 11) is 1.97. The van der Waals surface area contributed by atoms with E-state index < -0.39 is 0 Å². The van der Waals surface area contributed by atoms with Gasteiger partial charge < -0.3 is 19.5 Å². The highest BCUT2D eigenvalue weighted by Gasteiger charge is 2.38. The van der Waals surface area contributed by atoms with Crippen molar-refractivity contribution < 1.29 is 9.53 Å². The normalized spacial score (nSPS) is 20.2. The second kappa shape index (κ2) is 8.86. The van der Waals surface area contributed by atoms with E-state index in [0.29, 0.717) is 6.54 Å². The van der Waals surface area contributed by atoms with Crippen molar-refractivity contribution in [2.75, 3.05) is 39.4 Å². The van der Waals surface area contributed by atoms with E-state index >= 15 is 0 Å². The maximum Gasteiger partial charge on any atom is 0.318 e. The number of rotatable bonds is 7. The first-order valence-corrected chi connectivity index (χ1v) is 9.95. The van der Waals surface area contributed by atoms with Gasteiger partial charge in [0.15, 0.2) is 0 Å². The summed E-state index contributed by atoms with van der Waals surface area (Å²) >= 11 is 0. The smallest absolute Gasteiger partial charge is 0.318 e. The van der Waals surface area contributed by atoms with Crippen LogP contribution in [0.1, 0.15) is 44.9 Å². The third-order valence-corrected chi connectivity index (χ3v) is 5.60. The van der Waals surface area contributed by atoms with Crippen LogP contribution in [0.25, 0.3) is 0 Å². The van der Waals surface area contributed by atoms with Crippen LogP contribution < -0.4 is 5.32 Å². The van der Waals surface area contributed by atoms with Crippen LogP contribution in [-0.4, -0.2) is 70.3 Å². The number of aryl methyl sites for hydroxylation is 1. The molecule has 1 aromatic heterocycles. The van der Waals surface area contributed by atoms with Crippen LogP contribution >= 0.6 is 0 Å². The lowest BCUT2D eigenvalue weighted by Gasteiger charge is -2.39. The molecule has 1 saturated carbocycles. The molecular formula is C19H33N5O2. The van der Waals surface area contributed by atoms with Crippen molar-refractivity contribution in [2.45, 2.75) is 51.1 Å². The van der Waals surface area contributed by atoms with Gasteiger partial charge in [-0.3, -0.25) is 4.90 Å². The van der Waals surface area contributed by atoms with Crippen molar-refractivity contribution in [3.05, 3.63) is 18.2 Å². The summed E-state index contributed by atoms with van der Waals surface area (Å²) in [5.41, 5.74) is -0.0952. The predicted octanol–water partition coefficient (Wildman–Crippen LogP) is 1.99. The highest BCUT2D eigenvalue weighted by molar-refractivity contribution is 5.75. The molecule has 0 bridgehead atoms. The van der Waals surface area contributed by atoms with Gasteiger partial charge >= 0.3 is 6.03 Å². The summed E-state index contributed by atoms with van der Waals surface area (Å²) in [5, 5.41) is 3.42. The molecule has 1 aromatic rings. The molecule has 7 nitrogen and oxygen atoms in total. The van der Waals surface area contributed by atoms with Gasteiger partial charge in [-0.15, -0.1) is 0 Å². The molecule has 0 atom stereocenters. The molecule has 7 heteroatoms. The standard InChI is InChI=1S/C19H33N5O2/c1-3-9-24(15-17-20-8-10-22(17)2)18(25)21-19(6-4-5-7-19)16-23-11-13-26-14-12-23/h8,10H,3-7,9,11-16H2,1-2H3,(H,21,25). The summed E-state index contributed by atoms with van der Waals surface area (Å²) < 4.78 is 7.45. The van der Waals surface area contributed by atoms with Crippen molar-refractivity contribution in [1.82, 2.24) is 24.7 Å². The predicted molar refractivity (Wildman–Crippen MR) is 101 cm³/mol. The Labute approximate surface area is 156 Å². The van der Waals surface area contributed by atoms with E-state index in [9.17, 15) is 4.79 Å². The van der Waals surface area contributed by atoms with Crippen molar-refractivity contribution >= 4 is 6.03 Å². The van der Waals surface area contributed by atoms with Gasteiger partial charge in [0.05, 0.1) is 25.3 Å². The van der Waals surface area contributed by atoms with Crippen molar-refractivity contribution in [3.8, 4) is 0 Å². The highest BCUT2D eigenvalue weighted by atomic mass is 16.5. The lowest BCUT2D eigenvalue weighted by atomic mass is 9.96. The van der Waals surface area contributed by atoms with Gasteiger partial charge in [-0.25, -0.2) is 9.78 Å². The van der Waals surface area contributed by atoms with Gasteiger partial charge in [-0.1, -0.05) is 19.8 Å². The summed E-state index contributed by atoms with van der Waals surface area (Å²) in [6, 6.07) is 0.0463. The molecular weight excluding hydrogens is 330 g/mol.